The lowest BCUT2D eigenvalue weighted by Crippen LogP contribution is -2.38. The Kier molecular flexibility index (Phi) is 5.12. The van der Waals surface area contributed by atoms with Crippen molar-refractivity contribution in [1.29, 1.82) is 0 Å². The molecule has 2 heterocycles. The molecule has 6 heteroatoms. The van der Waals surface area contributed by atoms with Crippen LogP contribution in [0.2, 0.25) is 0 Å². The molecule has 1 saturated carbocycles. The van der Waals surface area contributed by atoms with E-state index in [9.17, 15) is 9.59 Å². The number of carbonyl (C=O) groups is 2. The third-order valence-electron chi connectivity index (χ3n) is 5.24. The van der Waals surface area contributed by atoms with Gasteiger partial charge >= 0.3 is 11.9 Å². The van der Waals surface area contributed by atoms with Crippen LogP contribution >= 0.6 is 0 Å². The molecule has 0 N–H and O–H groups in total. The lowest BCUT2D eigenvalue weighted by atomic mass is 9.71. The van der Waals surface area contributed by atoms with Crippen molar-refractivity contribution in [3.8, 4) is 0 Å². The van der Waals surface area contributed by atoms with E-state index in [0.717, 1.165) is 25.7 Å². The molecule has 1 aliphatic carbocycles. The third-order valence-corrected chi connectivity index (χ3v) is 5.24. The molecule has 0 amide bonds. The van der Waals surface area contributed by atoms with E-state index in [1.807, 2.05) is 0 Å². The van der Waals surface area contributed by atoms with E-state index in [2.05, 4.69) is 0 Å². The molecule has 6 nitrogen and oxygen atoms in total. The second-order valence-electron chi connectivity index (χ2n) is 6.78. The molecule has 2 aliphatic rings. The first-order valence-electron chi connectivity index (χ1n) is 9.29. The molecule has 2 atom stereocenters. The normalized spacial score (nSPS) is 24.8. The highest BCUT2D eigenvalue weighted by Crippen LogP contribution is 2.55. The number of fused-ring (bicyclic) bond motifs is 1. The lowest BCUT2D eigenvalue weighted by Gasteiger charge is -2.37. The summed E-state index contributed by atoms with van der Waals surface area (Å²) < 4.78 is 22.6. The van der Waals surface area contributed by atoms with Crippen LogP contribution in [-0.2, 0) is 24.6 Å². The summed E-state index contributed by atoms with van der Waals surface area (Å²) in [4.78, 5) is 24.7. The van der Waals surface area contributed by atoms with Crippen molar-refractivity contribution >= 4 is 11.9 Å². The van der Waals surface area contributed by atoms with Gasteiger partial charge in [0, 0.05) is 5.92 Å². The van der Waals surface area contributed by atoms with Gasteiger partial charge in [-0.1, -0.05) is 6.42 Å². The molecule has 0 bridgehead atoms. The maximum atomic E-state index is 12.5. The summed E-state index contributed by atoms with van der Waals surface area (Å²) in [6.07, 6.45) is 3.53. The second-order valence-corrected chi connectivity index (χ2v) is 6.78. The van der Waals surface area contributed by atoms with Crippen molar-refractivity contribution in [3.63, 3.8) is 0 Å². The van der Waals surface area contributed by atoms with Crippen LogP contribution in [0.25, 0.3) is 0 Å². The van der Waals surface area contributed by atoms with Crippen LogP contribution in [-0.4, -0.2) is 25.2 Å². The largest absolute Gasteiger partial charge is 0.483 e. The minimum Gasteiger partial charge on any atom is -0.483 e. The summed E-state index contributed by atoms with van der Waals surface area (Å²) in [6, 6.07) is 1.72. The summed E-state index contributed by atoms with van der Waals surface area (Å²) in [7, 11) is 0. The van der Waals surface area contributed by atoms with Gasteiger partial charge in [0.1, 0.15) is 22.8 Å². The van der Waals surface area contributed by atoms with Crippen molar-refractivity contribution in [1.82, 2.24) is 0 Å². The van der Waals surface area contributed by atoms with Crippen LogP contribution in [0.1, 0.15) is 68.3 Å². The highest BCUT2D eigenvalue weighted by Gasteiger charge is 2.55. The predicted molar refractivity (Wildman–Crippen MR) is 93.5 cm³/mol. The lowest BCUT2D eigenvalue weighted by molar-refractivity contribution is -0.139. The number of esters is 2. The first kappa shape index (κ1) is 18.5. The topological polar surface area (TPSA) is 75.0 Å². The number of ether oxygens (including phenoxy) is 3. The molecule has 1 fully saturated rings. The van der Waals surface area contributed by atoms with Gasteiger partial charge in [0.05, 0.1) is 18.8 Å². The maximum absolute atomic E-state index is 12.5. The minimum absolute atomic E-state index is 0.129. The number of aryl methyl sites for hydroxylation is 1. The van der Waals surface area contributed by atoms with Gasteiger partial charge in [-0.2, -0.15) is 0 Å². The summed E-state index contributed by atoms with van der Waals surface area (Å²) in [5.41, 5.74) is 0.254. The van der Waals surface area contributed by atoms with Gasteiger partial charge in [0.25, 0.3) is 0 Å². The van der Waals surface area contributed by atoms with Crippen molar-refractivity contribution in [2.24, 2.45) is 5.92 Å². The monoisotopic (exact) mass is 362 g/mol. The Labute approximate surface area is 153 Å². The van der Waals surface area contributed by atoms with Crippen LogP contribution in [0.15, 0.2) is 21.8 Å². The van der Waals surface area contributed by atoms with E-state index < -0.39 is 11.6 Å². The number of allylic oxidation sites excluding steroid dienone is 1. The Balaban J connectivity index is 1.99. The molecular weight excluding hydrogens is 336 g/mol. The molecule has 2 unspecified atom stereocenters. The van der Waals surface area contributed by atoms with Gasteiger partial charge < -0.3 is 18.6 Å². The van der Waals surface area contributed by atoms with E-state index in [4.69, 9.17) is 18.6 Å². The molecule has 1 aliphatic heterocycles. The molecule has 142 valence electrons. The second kappa shape index (κ2) is 7.17. The van der Waals surface area contributed by atoms with Gasteiger partial charge in [0.2, 0.25) is 0 Å². The van der Waals surface area contributed by atoms with Gasteiger partial charge in [0.15, 0.2) is 5.60 Å². The third kappa shape index (κ3) is 2.91. The molecule has 3 rings (SSSR count). The quantitative estimate of drug-likeness (QED) is 0.737. The maximum Gasteiger partial charge on any atom is 0.341 e. The number of rotatable bonds is 5. The molecule has 0 aromatic carbocycles. The fourth-order valence-electron chi connectivity index (χ4n) is 4.16. The molecule has 0 saturated heterocycles. The number of carbonyl (C=O) groups excluding carboxylic acids is 2. The standard InChI is InChI=1S/C20H26O6/c1-5-23-18(21)14-11-16(25-12(14)3)20-10-8-7-9-15(20)17(13(4)26-20)19(22)24-6-2/h11,15H,5-10H2,1-4H3. The van der Waals surface area contributed by atoms with Gasteiger partial charge in [-0.3, -0.25) is 0 Å². The van der Waals surface area contributed by atoms with Gasteiger partial charge in [-0.05, 0) is 53.0 Å². The van der Waals surface area contributed by atoms with Crippen molar-refractivity contribution in [2.75, 3.05) is 13.2 Å². The van der Waals surface area contributed by atoms with Crippen LogP contribution in [0.5, 0.6) is 0 Å². The van der Waals surface area contributed by atoms with E-state index in [-0.39, 0.29) is 11.9 Å². The summed E-state index contributed by atoms with van der Waals surface area (Å²) in [6.45, 7) is 7.72. The van der Waals surface area contributed by atoms with E-state index in [1.54, 1.807) is 33.8 Å². The number of furan rings is 1. The zero-order chi connectivity index (χ0) is 18.9. The molecule has 1 aromatic heterocycles. The average Bonchev–Trinajstić information content (AvgIpc) is 3.13. The number of hydrogen-bond acceptors (Lipinski definition) is 6. The van der Waals surface area contributed by atoms with Crippen molar-refractivity contribution < 1.29 is 28.2 Å². The van der Waals surface area contributed by atoms with Crippen LogP contribution < -0.4 is 0 Å². The Morgan fingerprint density at radius 2 is 1.85 bits per heavy atom. The Morgan fingerprint density at radius 1 is 1.15 bits per heavy atom. The van der Waals surface area contributed by atoms with Gasteiger partial charge in [-0.25, -0.2) is 9.59 Å². The smallest absolute Gasteiger partial charge is 0.341 e. The predicted octanol–water partition coefficient (Wildman–Crippen LogP) is 4.02. The van der Waals surface area contributed by atoms with E-state index in [1.165, 1.54) is 0 Å². The molecule has 0 spiro atoms. The van der Waals surface area contributed by atoms with Crippen molar-refractivity contribution in [3.05, 3.63) is 34.5 Å². The fraction of sp³-hybridized carbons (Fsp3) is 0.600. The molecule has 26 heavy (non-hydrogen) atoms. The summed E-state index contributed by atoms with van der Waals surface area (Å²) >= 11 is 0. The summed E-state index contributed by atoms with van der Waals surface area (Å²) in [5, 5.41) is 0. The fourth-order valence-corrected chi connectivity index (χ4v) is 4.16. The Morgan fingerprint density at radius 3 is 2.54 bits per heavy atom. The van der Waals surface area contributed by atoms with E-state index >= 15 is 0 Å². The zero-order valence-corrected chi connectivity index (χ0v) is 15.8. The Hall–Kier alpha value is -2.24. The van der Waals surface area contributed by atoms with Gasteiger partial charge in [-0.15, -0.1) is 0 Å². The van der Waals surface area contributed by atoms with Crippen LogP contribution in [0, 0.1) is 12.8 Å². The average molecular weight is 362 g/mol. The Bertz CT molecular complexity index is 743. The van der Waals surface area contributed by atoms with E-state index in [0.29, 0.717) is 41.6 Å². The number of hydrogen-bond donors (Lipinski definition) is 0. The summed E-state index contributed by atoms with van der Waals surface area (Å²) in [5.74, 6) is 0.812. The van der Waals surface area contributed by atoms with Crippen LogP contribution in [0.3, 0.4) is 0 Å². The zero-order valence-electron chi connectivity index (χ0n) is 15.8. The first-order chi connectivity index (χ1) is 12.4. The highest BCUT2D eigenvalue weighted by molar-refractivity contribution is 5.91. The highest BCUT2D eigenvalue weighted by atomic mass is 16.5. The molecule has 0 radical (unpaired) electrons. The molecule has 1 aromatic rings. The minimum atomic E-state index is -0.750. The van der Waals surface area contributed by atoms with Crippen molar-refractivity contribution in [2.45, 2.75) is 59.0 Å². The van der Waals surface area contributed by atoms with Crippen LogP contribution in [0.4, 0.5) is 0 Å². The SMILES string of the molecule is CCOC(=O)C1=C(C)OC2(c3cc(C(=O)OCC)c(C)o3)CCCCC12. The molecular formula is C20H26O6. The first-order valence-corrected chi connectivity index (χ1v) is 9.29.